The van der Waals surface area contributed by atoms with Gasteiger partial charge >= 0.3 is 5.97 Å². The molecular weight excluding hydrogens is 246 g/mol. The Labute approximate surface area is 112 Å². The van der Waals surface area contributed by atoms with Gasteiger partial charge in [0.05, 0.1) is 13.0 Å². The van der Waals surface area contributed by atoms with Crippen molar-refractivity contribution in [2.75, 3.05) is 7.11 Å². The number of rotatable bonds is 5. The lowest BCUT2D eigenvalue weighted by Gasteiger charge is -2.18. The van der Waals surface area contributed by atoms with E-state index in [2.05, 4.69) is 5.32 Å². The molecule has 5 nitrogen and oxygen atoms in total. The molecule has 104 valence electrons. The summed E-state index contributed by atoms with van der Waals surface area (Å²) in [6.07, 6.45) is 0. The number of hydrogen-bond donors (Lipinski definition) is 2. The molecule has 0 fully saturated rings. The molecule has 1 aromatic rings. The summed E-state index contributed by atoms with van der Waals surface area (Å²) in [7, 11) is 1.56. The molecule has 0 heterocycles. The number of carbonyl (C=O) groups excluding carboxylic acids is 1. The number of aryl methyl sites for hydroxylation is 1. The van der Waals surface area contributed by atoms with Gasteiger partial charge in [-0.1, -0.05) is 0 Å². The van der Waals surface area contributed by atoms with E-state index in [1.807, 2.05) is 6.92 Å². The lowest BCUT2D eigenvalue weighted by atomic mass is 10.0. The van der Waals surface area contributed by atoms with Crippen molar-refractivity contribution in [3.05, 3.63) is 29.3 Å². The third-order valence-corrected chi connectivity index (χ3v) is 3.18. The van der Waals surface area contributed by atoms with Crippen LogP contribution in [0.1, 0.15) is 29.8 Å². The number of aliphatic carboxylic acids is 1. The van der Waals surface area contributed by atoms with E-state index < -0.39 is 17.9 Å². The number of carboxylic acid groups (broad SMARTS) is 1. The molecule has 2 unspecified atom stereocenters. The zero-order valence-corrected chi connectivity index (χ0v) is 11.6. The summed E-state index contributed by atoms with van der Waals surface area (Å²) in [6, 6.07) is 4.70. The average molecular weight is 265 g/mol. The van der Waals surface area contributed by atoms with Gasteiger partial charge in [-0.25, -0.2) is 0 Å². The molecule has 0 aromatic heterocycles. The predicted octanol–water partition coefficient (Wildman–Crippen LogP) is 1.84. The van der Waals surface area contributed by atoms with E-state index in [4.69, 9.17) is 9.84 Å². The largest absolute Gasteiger partial charge is 0.497 e. The highest BCUT2D eigenvalue weighted by Crippen LogP contribution is 2.17. The molecule has 0 spiro atoms. The minimum atomic E-state index is -0.931. The van der Waals surface area contributed by atoms with Crippen molar-refractivity contribution in [2.24, 2.45) is 5.92 Å². The van der Waals surface area contributed by atoms with E-state index in [1.165, 1.54) is 0 Å². The van der Waals surface area contributed by atoms with Crippen LogP contribution in [-0.4, -0.2) is 30.1 Å². The van der Waals surface area contributed by atoms with Crippen molar-refractivity contribution in [3.63, 3.8) is 0 Å². The lowest BCUT2D eigenvalue weighted by Crippen LogP contribution is -2.40. The zero-order chi connectivity index (χ0) is 14.6. The molecule has 0 aliphatic rings. The van der Waals surface area contributed by atoms with Gasteiger partial charge in [0.1, 0.15) is 5.75 Å². The quantitative estimate of drug-likeness (QED) is 0.851. The molecule has 0 bridgehead atoms. The number of benzene rings is 1. The van der Waals surface area contributed by atoms with Gasteiger partial charge < -0.3 is 15.2 Å². The fourth-order valence-corrected chi connectivity index (χ4v) is 1.64. The van der Waals surface area contributed by atoms with Crippen LogP contribution in [-0.2, 0) is 4.79 Å². The van der Waals surface area contributed by atoms with Gasteiger partial charge in [0.15, 0.2) is 0 Å². The molecule has 2 atom stereocenters. The average Bonchev–Trinajstić information content (AvgIpc) is 2.36. The van der Waals surface area contributed by atoms with Crippen molar-refractivity contribution in [1.82, 2.24) is 5.32 Å². The second kappa shape index (κ2) is 6.22. The summed E-state index contributed by atoms with van der Waals surface area (Å²) >= 11 is 0. The maximum absolute atomic E-state index is 12.1. The molecule has 0 radical (unpaired) electrons. The van der Waals surface area contributed by atoms with Crippen LogP contribution in [0.25, 0.3) is 0 Å². The van der Waals surface area contributed by atoms with Crippen LogP contribution >= 0.6 is 0 Å². The Hall–Kier alpha value is -2.04. The number of ether oxygens (including phenoxy) is 1. The molecule has 0 aliphatic carbocycles. The topological polar surface area (TPSA) is 75.6 Å². The molecule has 2 N–H and O–H groups in total. The Morgan fingerprint density at radius 3 is 2.42 bits per heavy atom. The van der Waals surface area contributed by atoms with Crippen LogP contribution in [0.15, 0.2) is 18.2 Å². The Morgan fingerprint density at radius 2 is 1.95 bits per heavy atom. The van der Waals surface area contributed by atoms with Crippen molar-refractivity contribution in [3.8, 4) is 5.75 Å². The van der Waals surface area contributed by atoms with E-state index in [1.54, 1.807) is 39.2 Å². The predicted molar refractivity (Wildman–Crippen MR) is 71.5 cm³/mol. The van der Waals surface area contributed by atoms with Gasteiger partial charge in [-0.3, -0.25) is 9.59 Å². The van der Waals surface area contributed by atoms with Gasteiger partial charge in [-0.15, -0.1) is 0 Å². The SMILES string of the molecule is COc1ccc(C(=O)NC(C)C(C)C(=O)O)c(C)c1. The smallest absolute Gasteiger partial charge is 0.308 e. The maximum Gasteiger partial charge on any atom is 0.308 e. The van der Waals surface area contributed by atoms with E-state index in [9.17, 15) is 9.59 Å². The van der Waals surface area contributed by atoms with Crippen LogP contribution in [0.2, 0.25) is 0 Å². The van der Waals surface area contributed by atoms with Crippen molar-refractivity contribution in [1.29, 1.82) is 0 Å². The van der Waals surface area contributed by atoms with Crippen LogP contribution < -0.4 is 10.1 Å². The van der Waals surface area contributed by atoms with Crippen molar-refractivity contribution < 1.29 is 19.4 Å². The van der Waals surface area contributed by atoms with Gasteiger partial charge in [0.25, 0.3) is 5.91 Å². The summed E-state index contributed by atoms with van der Waals surface area (Å²) < 4.78 is 5.07. The standard InChI is InChI=1S/C14H19NO4/c1-8-7-11(19-4)5-6-12(8)13(16)15-10(3)9(2)14(17)18/h5-7,9-10H,1-4H3,(H,15,16)(H,17,18). The number of hydrogen-bond acceptors (Lipinski definition) is 3. The summed E-state index contributed by atoms with van der Waals surface area (Å²) in [5.41, 5.74) is 1.30. The highest BCUT2D eigenvalue weighted by molar-refractivity contribution is 5.96. The molecule has 0 saturated heterocycles. The fourth-order valence-electron chi connectivity index (χ4n) is 1.64. The molecule has 5 heteroatoms. The first-order valence-electron chi connectivity index (χ1n) is 6.05. The second-order valence-corrected chi connectivity index (χ2v) is 4.57. The Balaban J connectivity index is 2.81. The van der Waals surface area contributed by atoms with E-state index in [0.29, 0.717) is 11.3 Å². The Bertz CT molecular complexity index is 484. The summed E-state index contributed by atoms with van der Waals surface area (Å²) in [5, 5.41) is 11.6. The number of nitrogens with one attached hydrogen (secondary N) is 1. The number of amides is 1. The van der Waals surface area contributed by atoms with Crippen LogP contribution in [0, 0.1) is 12.8 Å². The Morgan fingerprint density at radius 1 is 1.32 bits per heavy atom. The first-order chi connectivity index (χ1) is 8.86. The van der Waals surface area contributed by atoms with Crippen molar-refractivity contribution >= 4 is 11.9 Å². The number of methoxy groups -OCH3 is 1. The van der Waals surface area contributed by atoms with Gasteiger partial charge in [-0.05, 0) is 44.5 Å². The highest BCUT2D eigenvalue weighted by atomic mass is 16.5. The number of carbonyl (C=O) groups is 2. The lowest BCUT2D eigenvalue weighted by molar-refractivity contribution is -0.141. The maximum atomic E-state index is 12.1. The third-order valence-electron chi connectivity index (χ3n) is 3.18. The molecule has 0 saturated carbocycles. The third kappa shape index (κ3) is 3.71. The van der Waals surface area contributed by atoms with Crippen LogP contribution in [0.5, 0.6) is 5.75 Å². The molecule has 1 rings (SSSR count). The molecular formula is C14H19NO4. The number of carboxylic acids is 1. The second-order valence-electron chi connectivity index (χ2n) is 4.57. The first-order valence-corrected chi connectivity index (χ1v) is 6.05. The monoisotopic (exact) mass is 265 g/mol. The summed E-state index contributed by atoms with van der Waals surface area (Å²) in [5.74, 6) is -1.16. The van der Waals surface area contributed by atoms with Gasteiger partial charge in [0.2, 0.25) is 0 Å². The van der Waals surface area contributed by atoms with Gasteiger partial charge in [0, 0.05) is 11.6 Å². The van der Waals surface area contributed by atoms with E-state index in [0.717, 1.165) is 5.56 Å². The van der Waals surface area contributed by atoms with E-state index in [-0.39, 0.29) is 5.91 Å². The minimum absolute atomic E-state index is 0.277. The summed E-state index contributed by atoms with van der Waals surface area (Å²) in [4.78, 5) is 22.9. The Kier molecular flexibility index (Phi) is 4.92. The molecule has 1 amide bonds. The van der Waals surface area contributed by atoms with E-state index >= 15 is 0 Å². The molecule has 1 aromatic carbocycles. The molecule has 19 heavy (non-hydrogen) atoms. The highest BCUT2D eigenvalue weighted by Gasteiger charge is 2.22. The van der Waals surface area contributed by atoms with Gasteiger partial charge in [-0.2, -0.15) is 0 Å². The normalized spacial score (nSPS) is 13.5. The summed E-state index contributed by atoms with van der Waals surface area (Å²) in [6.45, 7) is 5.05. The fraction of sp³-hybridized carbons (Fsp3) is 0.429. The van der Waals surface area contributed by atoms with Crippen molar-refractivity contribution in [2.45, 2.75) is 26.8 Å². The first kappa shape index (κ1) is 15.0. The van der Waals surface area contributed by atoms with Crippen LogP contribution in [0.4, 0.5) is 0 Å². The zero-order valence-electron chi connectivity index (χ0n) is 11.6. The van der Waals surface area contributed by atoms with Crippen LogP contribution in [0.3, 0.4) is 0 Å². The molecule has 0 aliphatic heterocycles. The minimum Gasteiger partial charge on any atom is -0.497 e.